The highest BCUT2D eigenvalue weighted by molar-refractivity contribution is 7.99. The first kappa shape index (κ1) is 19.2. The standard InChI is InChI=1S/C17H28N6O2S/c18-13-10-14(19)22-16(21-13)26-11-15(24)20-12-17(4-2-1-3-5-17)23-6-8-25-9-7-23/h10H,1-9,11-12H2,(H,20,24)(H4,18,19,21,22). The van der Waals surface area contributed by atoms with Gasteiger partial charge in [0.15, 0.2) is 5.16 Å². The number of nitrogens with one attached hydrogen (secondary N) is 1. The van der Waals surface area contributed by atoms with Gasteiger partial charge in [0, 0.05) is 31.2 Å². The number of hydrogen-bond donors (Lipinski definition) is 3. The zero-order valence-electron chi connectivity index (χ0n) is 15.1. The lowest BCUT2D eigenvalue weighted by atomic mass is 9.79. The lowest BCUT2D eigenvalue weighted by Crippen LogP contribution is -2.59. The molecule has 1 aromatic rings. The summed E-state index contributed by atoms with van der Waals surface area (Å²) in [6, 6.07) is 1.50. The molecule has 144 valence electrons. The number of hydrogen-bond acceptors (Lipinski definition) is 8. The topological polar surface area (TPSA) is 119 Å². The minimum absolute atomic E-state index is 0.0159. The zero-order valence-corrected chi connectivity index (χ0v) is 15.9. The average molecular weight is 381 g/mol. The van der Waals surface area contributed by atoms with Crippen LogP contribution in [0.15, 0.2) is 11.2 Å². The van der Waals surface area contributed by atoms with Crippen molar-refractivity contribution in [1.29, 1.82) is 0 Å². The molecule has 0 unspecified atom stereocenters. The highest BCUT2D eigenvalue weighted by Gasteiger charge is 2.38. The predicted octanol–water partition coefficient (Wildman–Crippen LogP) is 0.884. The first-order valence-corrected chi connectivity index (χ1v) is 10.2. The smallest absolute Gasteiger partial charge is 0.230 e. The molecule has 26 heavy (non-hydrogen) atoms. The van der Waals surface area contributed by atoms with Gasteiger partial charge in [-0.3, -0.25) is 9.69 Å². The molecule has 5 N–H and O–H groups in total. The third kappa shape index (κ3) is 4.99. The Balaban J connectivity index is 1.53. The molecule has 3 rings (SSSR count). The minimum atomic E-state index is -0.0159. The van der Waals surface area contributed by atoms with Crippen LogP contribution in [-0.4, -0.2) is 64.9 Å². The highest BCUT2D eigenvalue weighted by Crippen LogP contribution is 2.33. The molecule has 0 atom stereocenters. The number of rotatable bonds is 6. The van der Waals surface area contributed by atoms with Crippen LogP contribution < -0.4 is 16.8 Å². The van der Waals surface area contributed by atoms with E-state index in [0.717, 1.165) is 39.1 Å². The summed E-state index contributed by atoms with van der Waals surface area (Å²) in [5, 5.41) is 3.56. The number of nitrogen functional groups attached to an aromatic ring is 2. The Kier molecular flexibility index (Phi) is 6.55. The maximum absolute atomic E-state index is 12.4. The van der Waals surface area contributed by atoms with E-state index in [9.17, 15) is 4.79 Å². The number of carbonyl (C=O) groups is 1. The Labute approximate surface area is 158 Å². The van der Waals surface area contributed by atoms with Crippen LogP contribution in [0.5, 0.6) is 0 Å². The second-order valence-electron chi connectivity index (χ2n) is 6.95. The Morgan fingerprint density at radius 1 is 1.19 bits per heavy atom. The summed E-state index contributed by atoms with van der Waals surface area (Å²) in [6.45, 7) is 4.13. The molecule has 1 saturated carbocycles. The Bertz CT molecular complexity index is 597. The van der Waals surface area contributed by atoms with Crippen molar-refractivity contribution in [2.24, 2.45) is 0 Å². The first-order valence-electron chi connectivity index (χ1n) is 9.20. The zero-order chi connectivity index (χ0) is 18.4. The van der Waals surface area contributed by atoms with E-state index in [4.69, 9.17) is 16.2 Å². The average Bonchev–Trinajstić information content (AvgIpc) is 2.65. The molecule has 0 aromatic carbocycles. The maximum Gasteiger partial charge on any atom is 0.230 e. The predicted molar refractivity (Wildman–Crippen MR) is 103 cm³/mol. The second-order valence-corrected chi connectivity index (χ2v) is 7.89. The van der Waals surface area contributed by atoms with Crippen molar-refractivity contribution in [1.82, 2.24) is 20.2 Å². The van der Waals surface area contributed by atoms with Gasteiger partial charge in [0.2, 0.25) is 5.91 Å². The molecule has 0 bridgehead atoms. The van der Waals surface area contributed by atoms with Gasteiger partial charge in [-0.2, -0.15) is 0 Å². The molecule has 9 heteroatoms. The van der Waals surface area contributed by atoms with E-state index in [0.29, 0.717) is 23.3 Å². The fourth-order valence-corrected chi connectivity index (χ4v) is 4.53. The molecule has 2 fully saturated rings. The van der Waals surface area contributed by atoms with Crippen LogP contribution in [0.4, 0.5) is 11.6 Å². The van der Waals surface area contributed by atoms with Crippen molar-refractivity contribution in [2.75, 3.05) is 50.1 Å². The number of ether oxygens (including phenoxy) is 1. The van der Waals surface area contributed by atoms with Gasteiger partial charge < -0.3 is 21.5 Å². The quantitative estimate of drug-likeness (QED) is 0.492. The van der Waals surface area contributed by atoms with Gasteiger partial charge in [0.25, 0.3) is 0 Å². The lowest BCUT2D eigenvalue weighted by molar-refractivity contribution is -0.119. The molecule has 2 aliphatic rings. The third-order valence-electron chi connectivity index (χ3n) is 5.16. The highest BCUT2D eigenvalue weighted by atomic mass is 32.2. The van der Waals surface area contributed by atoms with E-state index in [1.807, 2.05) is 0 Å². The number of nitrogens with two attached hydrogens (primary N) is 2. The number of morpholine rings is 1. The number of carbonyl (C=O) groups excluding carboxylic acids is 1. The van der Waals surface area contributed by atoms with E-state index in [-0.39, 0.29) is 17.2 Å². The van der Waals surface area contributed by atoms with Crippen molar-refractivity contribution < 1.29 is 9.53 Å². The van der Waals surface area contributed by atoms with Gasteiger partial charge in [-0.05, 0) is 12.8 Å². The van der Waals surface area contributed by atoms with Gasteiger partial charge in [0.05, 0.1) is 19.0 Å². The first-order chi connectivity index (χ1) is 12.6. The fourth-order valence-electron chi connectivity index (χ4n) is 3.82. The largest absolute Gasteiger partial charge is 0.383 e. The molecule has 1 aromatic heterocycles. The fraction of sp³-hybridized carbons (Fsp3) is 0.706. The molecule has 1 aliphatic carbocycles. The van der Waals surface area contributed by atoms with Crippen molar-refractivity contribution >= 4 is 29.3 Å². The summed E-state index contributed by atoms with van der Waals surface area (Å²) in [4.78, 5) is 23.1. The molecular formula is C17H28N6O2S. The molecular weight excluding hydrogens is 352 g/mol. The number of anilines is 2. The van der Waals surface area contributed by atoms with E-state index in [1.54, 1.807) is 0 Å². The molecule has 1 amide bonds. The van der Waals surface area contributed by atoms with Crippen LogP contribution in [0, 0.1) is 0 Å². The normalized spacial score (nSPS) is 20.6. The van der Waals surface area contributed by atoms with Gasteiger partial charge >= 0.3 is 0 Å². The summed E-state index contributed by atoms with van der Waals surface area (Å²) in [5.41, 5.74) is 11.4. The van der Waals surface area contributed by atoms with Crippen molar-refractivity contribution in [3.8, 4) is 0 Å². The van der Waals surface area contributed by atoms with Crippen LogP contribution in [0.3, 0.4) is 0 Å². The van der Waals surface area contributed by atoms with Crippen molar-refractivity contribution in [2.45, 2.75) is 42.8 Å². The van der Waals surface area contributed by atoms with E-state index >= 15 is 0 Å². The van der Waals surface area contributed by atoms with Crippen molar-refractivity contribution in [3.05, 3.63) is 6.07 Å². The van der Waals surface area contributed by atoms with Crippen LogP contribution in [-0.2, 0) is 9.53 Å². The van der Waals surface area contributed by atoms with Crippen LogP contribution in [0.2, 0.25) is 0 Å². The number of aromatic nitrogens is 2. The molecule has 1 aliphatic heterocycles. The van der Waals surface area contributed by atoms with Gasteiger partial charge in [-0.1, -0.05) is 31.0 Å². The summed E-state index contributed by atoms with van der Waals surface area (Å²) in [6.07, 6.45) is 5.99. The Hall–Kier alpha value is -1.58. The van der Waals surface area contributed by atoms with Gasteiger partial charge in [-0.25, -0.2) is 9.97 Å². The van der Waals surface area contributed by atoms with Crippen LogP contribution in [0.25, 0.3) is 0 Å². The summed E-state index contributed by atoms with van der Waals surface area (Å²) in [7, 11) is 0. The second kappa shape index (κ2) is 8.88. The van der Waals surface area contributed by atoms with E-state index < -0.39 is 0 Å². The Morgan fingerprint density at radius 2 is 1.85 bits per heavy atom. The molecule has 0 spiro atoms. The SMILES string of the molecule is Nc1cc(N)nc(SCC(=O)NCC2(N3CCOCC3)CCCCC2)n1. The third-order valence-corrected chi connectivity index (χ3v) is 6.01. The maximum atomic E-state index is 12.4. The molecule has 2 heterocycles. The van der Waals surface area contributed by atoms with Gasteiger partial charge in [0.1, 0.15) is 11.6 Å². The van der Waals surface area contributed by atoms with E-state index in [1.165, 1.54) is 37.1 Å². The Morgan fingerprint density at radius 3 is 2.50 bits per heavy atom. The minimum Gasteiger partial charge on any atom is -0.383 e. The molecule has 1 saturated heterocycles. The lowest BCUT2D eigenvalue weighted by Gasteiger charge is -2.48. The van der Waals surface area contributed by atoms with Crippen LogP contribution >= 0.6 is 11.8 Å². The van der Waals surface area contributed by atoms with Crippen LogP contribution in [0.1, 0.15) is 32.1 Å². The summed E-state index contributed by atoms with van der Waals surface area (Å²) in [5.74, 6) is 0.864. The number of nitrogens with zero attached hydrogens (tertiary/aromatic N) is 3. The van der Waals surface area contributed by atoms with Crippen molar-refractivity contribution in [3.63, 3.8) is 0 Å². The molecule has 8 nitrogen and oxygen atoms in total. The summed E-state index contributed by atoms with van der Waals surface area (Å²) >= 11 is 1.25. The van der Waals surface area contributed by atoms with E-state index in [2.05, 4.69) is 20.2 Å². The molecule has 0 radical (unpaired) electrons. The monoisotopic (exact) mass is 380 g/mol. The number of amides is 1. The summed E-state index contributed by atoms with van der Waals surface area (Å²) < 4.78 is 5.50. The van der Waals surface area contributed by atoms with Gasteiger partial charge in [-0.15, -0.1) is 0 Å². The number of thioether (sulfide) groups is 1.